The third kappa shape index (κ3) is 4.49. The summed E-state index contributed by atoms with van der Waals surface area (Å²) in [5.41, 5.74) is 1.39. The normalized spacial score (nSPS) is 34.3. The molecule has 4 N–H and O–H groups in total. The summed E-state index contributed by atoms with van der Waals surface area (Å²) in [5.74, 6) is 0.0242. The number of aliphatic hydroxyl groups is 4. The summed E-state index contributed by atoms with van der Waals surface area (Å²) in [4.78, 5) is 0. The Kier molecular flexibility index (Phi) is 4.72. The predicted octanol–water partition coefficient (Wildman–Crippen LogP) is 1.84. The fraction of sp³-hybridized carbons (Fsp3) is 0.429. The molecule has 0 aliphatic carbocycles. The Morgan fingerprint density at radius 1 is 1.14 bits per heavy atom. The zero-order chi connectivity index (χ0) is 25.5. The molecule has 0 saturated carbocycles. The Morgan fingerprint density at radius 3 is 2.57 bits per heavy atom. The van der Waals surface area contributed by atoms with Gasteiger partial charge in [0, 0.05) is 9.13 Å². The standard InChI is InChI=1S/C21H25ClO6/c1-2-27-15-6-3-12(4-7-15)9-14-10-13(5-8-16(14)22)21-20(26)19(25)18(24)17(11-23)28-21/h3-8,10,17-21,23-26H,2,9,11H2,1H3/t17-,18-,19+,20-,21+/m1/s1/i1D3,2D2,21D. The number of aliphatic hydroxyl groups excluding tert-OH is 4. The second-order valence-electron chi connectivity index (χ2n) is 6.46. The fourth-order valence-electron chi connectivity index (χ4n) is 3.07. The van der Waals surface area contributed by atoms with Crippen LogP contribution >= 0.6 is 11.6 Å². The molecule has 152 valence electrons. The lowest BCUT2D eigenvalue weighted by atomic mass is 9.90. The summed E-state index contributed by atoms with van der Waals surface area (Å²) in [6.45, 7) is -6.49. The third-order valence-electron chi connectivity index (χ3n) is 4.60. The summed E-state index contributed by atoms with van der Waals surface area (Å²) in [5, 5.41) is 40.3. The summed E-state index contributed by atoms with van der Waals surface area (Å²) < 4.78 is 55.8. The molecule has 0 amide bonds. The second kappa shape index (κ2) is 9.22. The zero-order valence-corrected chi connectivity index (χ0v) is 15.5. The van der Waals surface area contributed by atoms with Crippen LogP contribution in [0.3, 0.4) is 0 Å². The Hall–Kier alpha value is -1.67. The van der Waals surface area contributed by atoms with E-state index in [0.717, 1.165) is 0 Å². The molecule has 1 heterocycles. The highest BCUT2D eigenvalue weighted by Crippen LogP contribution is 2.34. The Labute approximate surface area is 177 Å². The Morgan fingerprint density at radius 2 is 1.89 bits per heavy atom. The number of rotatable bonds is 6. The van der Waals surface area contributed by atoms with Crippen molar-refractivity contribution in [1.29, 1.82) is 0 Å². The summed E-state index contributed by atoms with van der Waals surface area (Å²) in [6.07, 6.45) is -8.29. The largest absolute Gasteiger partial charge is 0.494 e. The van der Waals surface area contributed by atoms with Crippen LogP contribution in [-0.4, -0.2) is 58.0 Å². The quantitative estimate of drug-likeness (QED) is 0.575. The van der Waals surface area contributed by atoms with E-state index in [1.807, 2.05) is 0 Å². The fourth-order valence-corrected chi connectivity index (χ4v) is 3.25. The maximum atomic E-state index is 10.4. The highest BCUT2D eigenvalue weighted by atomic mass is 35.5. The van der Waals surface area contributed by atoms with E-state index < -0.39 is 50.5 Å². The van der Waals surface area contributed by atoms with Crippen LogP contribution in [0, 0.1) is 0 Å². The molecule has 0 aromatic heterocycles. The smallest absolute Gasteiger partial charge is 0.119 e. The van der Waals surface area contributed by atoms with Gasteiger partial charge >= 0.3 is 0 Å². The lowest BCUT2D eigenvalue weighted by Gasteiger charge is -2.40. The highest BCUT2D eigenvalue weighted by molar-refractivity contribution is 6.31. The van der Waals surface area contributed by atoms with Gasteiger partial charge in [0.15, 0.2) is 0 Å². The van der Waals surface area contributed by atoms with Crippen molar-refractivity contribution < 1.29 is 38.1 Å². The van der Waals surface area contributed by atoms with E-state index in [9.17, 15) is 20.4 Å². The van der Waals surface area contributed by atoms with Crippen molar-refractivity contribution >= 4 is 11.6 Å². The lowest BCUT2D eigenvalue weighted by Crippen LogP contribution is -2.55. The van der Waals surface area contributed by atoms with Crippen LogP contribution in [0.5, 0.6) is 5.75 Å². The monoisotopic (exact) mass is 414 g/mol. The highest BCUT2D eigenvalue weighted by Gasteiger charge is 2.43. The number of halogens is 1. The van der Waals surface area contributed by atoms with Crippen molar-refractivity contribution in [3.8, 4) is 5.75 Å². The summed E-state index contributed by atoms with van der Waals surface area (Å²) in [7, 11) is 0. The SMILES string of the molecule is [2H]C([2H])([2H])C([2H])([2H])Oc1ccc(Cc2cc([C@]3([2H])O[C@H](CO)[C@@H](O)[C@H](O)[C@H]3O)ccc2Cl)cc1. The molecule has 1 fully saturated rings. The molecule has 3 rings (SSSR count). The van der Waals surface area contributed by atoms with Crippen LogP contribution in [0.25, 0.3) is 0 Å². The van der Waals surface area contributed by atoms with Crippen molar-refractivity contribution in [2.24, 2.45) is 0 Å². The van der Waals surface area contributed by atoms with Gasteiger partial charge in [-0.05, 0) is 48.2 Å². The molecule has 2 aromatic rings. The van der Waals surface area contributed by atoms with Crippen molar-refractivity contribution in [3.05, 3.63) is 64.2 Å². The molecular weight excluding hydrogens is 384 g/mol. The number of hydrogen-bond donors (Lipinski definition) is 4. The van der Waals surface area contributed by atoms with Gasteiger partial charge in [-0.15, -0.1) is 0 Å². The van der Waals surface area contributed by atoms with Crippen LogP contribution in [-0.2, 0) is 11.2 Å². The molecule has 0 spiro atoms. The molecule has 6 nitrogen and oxygen atoms in total. The minimum atomic E-state index is -2.96. The first-order valence-corrected chi connectivity index (χ1v) is 8.97. The minimum absolute atomic E-state index is 0.0242. The molecule has 1 aliphatic rings. The first kappa shape index (κ1) is 14.3. The van der Waals surface area contributed by atoms with Crippen LogP contribution < -0.4 is 4.74 Å². The van der Waals surface area contributed by atoms with Crippen molar-refractivity contribution in [2.75, 3.05) is 13.2 Å². The van der Waals surface area contributed by atoms with Gasteiger partial charge in [-0.25, -0.2) is 0 Å². The zero-order valence-electron chi connectivity index (χ0n) is 20.7. The van der Waals surface area contributed by atoms with Gasteiger partial charge in [-0.3, -0.25) is 0 Å². The van der Waals surface area contributed by atoms with Crippen molar-refractivity contribution in [1.82, 2.24) is 0 Å². The van der Waals surface area contributed by atoms with Crippen LogP contribution in [0.15, 0.2) is 42.5 Å². The van der Waals surface area contributed by atoms with E-state index in [1.54, 1.807) is 12.1 Å². The average Bonchev–Trinajstić information content (AvgIpc) is 2.76. The molecule has 28 heavy (non-hydrogen) atoms. The van der Waals surface area contributed by atoms with E-state index in [1.165, 1.54) is 30.3 Å². The van der Waals surface area contributed by atoms with Gasteiger partial charge < -0.3 is 29.9 Å². The van der Waals surface area contributed by atoms with Gasteiger partial charge in [0.05, 0.1) is 17.3 Å². The first-order valence-electron chi connectivity index (χ1n) is 11.6. The third-order valence-corrected chi connectivity index (χ3v) is 4.97. The molecule has 0 unspecified atom stereocenters. The predicted molar refractivity (Wildman–Crippen MR) is 105 cm³/mol. The van der Waals surface area contributed by atoms with E-state index >= 15 is 0 Å². The molecular formula is C21H25ClO6. The second-order valence-corrected chi connectivity index (χ2v) is 6.87. The van der Waals surface area contributed by atoms with Gasteiger partial charge in [0.2, 0.25) is 0 Å². The van der Waals surface area contributed by atoms with Gasteiger partial charge in [0.1, 0.15) is 36.2 Å². The minimum Gasteiger partial charge on any atom is -0.494 e. The number of hydrogen-bond acceptors (Lipinski definition) is 6. The molecule has 0 bridgehead atoms. The Balaban J connectivity index is 1.83. The van der Waals surface area contributed by atoms with Crippen molar-refractivity contribution in [2.45, 2.75) is 43.8 Å². The summed E-state index contributed by atoms with van der Waals surface area (Å²) >= 11 is 6.31. The first-order chi connectivity index (χ1) is 15.7. The van der Waals surface area contributed by atoms with Gasteiger partial charge in [0.25, 0.3) is 0 Å². The van der Waals surface area contributed by atoms with E-state index in [4.69, 9.17) is 29.3 Å². The number of ether oxygens (including phenoxy) is 2. The maximum Gasteiger partial charge on any atom is 0.119 e. The molecule has 0 radical (unpaired) electrons. The van der Waals surface area contributed by atoms with Crippen LogP contribution in [0.2, 0.25) is 5.02 Å². The molecule has 1 aliphatic heterocycles. The van der Waals surface area contributed by atoms with Crippen molar-refractivity contribution in [3.63, 3.8) is 0 Å². The Bertz CT molecular complexity index is 1000. The number of benzene rings is 2. The molecule has 2 aromatic carbocycles. The van der Waals surface area contributed by atoms with E-state index in [2.05, 4.69) is 0 Å². The topological polar surface area (TPSA) is 99.4 Å². The maximum absolute atomic E-state index is 10.4. The molecule has 5 atom stereocenters. The van der Waals surface area contributed by atoms with Gasteiger partial charge in [-0.1, -0.05) is 35.9 Å². The van der Waals surface area contributed by atoms with Crippen LogP contribution in [0.1, 0.15) is 37.8 Å². The molecule has 1 saturated heterocycles. The molecule has 7 heteroatoms. The average molecular weight is 415 g/mol. The lowest BCUT2D eigenvalue weighted by molar-refractivity contribution is -0.231. The van der Waals surface area contributed by atoms with Crippen LogP contribution in [0.4, 0.5) is 0 Å². The summed E-state index contributed by atoms with van der Waals surface area (Å²) in [6, 6.07) is 10.5. The van der Waals surface area contributed by atoms with Gasteiger partial charge in [-0.2, -0.15) is 0 Å². The van der Waals surface area contributed by atoms with E-state index in [0.29, 0.717) is 16.1 Å². The van der Waals surface area contributed by atoms with E-state index in [-0.39, 0.29) is 17.7 Å².